The van der Waals surface area contributed by atoms with Gasteiger partial charge in [-0.1, -0.05) is 18.5 Å². The Balaban J connectivity index is 2.33. The van der Waals surface area contributed by atoms with E-state index < -0.39 is 10.0 Å². The third kappa shape index (κ3) is 4.78. The van der Waals surface area contributed by atoms with Gasteiger partial charge in [-0.3, -0.25) is 0 Å². The van der Waals surface area contributed by atoms with Crippen molar-refractivity contribution >= 4 is 38.1 Å². The number of rotatable bonds is 6. The van der Waals surface area contributed by atoms with Gasteiger partial charge in [-0.25, -0.2) is 18.1 Å². The van der Waals surface area contributed by atoms with Gasteiger partial charge in [-0.05, 0) is 0 Å². The Labute approximate surface area is 97.9 Å². The average Bonchev–Trinajstić information content (AvgIpc) is 2.51. The molecule has 5 nitrogen and oxygen atoms in total. The molecule has 1 aromatic rings. The summed E-state index contributed by atoms with van der Waals surface area (Å²) < 4.78 is 24.9. The minimum atomic E-state index is -3.16. The van der Waals surface area contributed by atoms with E-state index in [4.69, 9.17) is 11.6 Å². The Hall–Kier alpha value is -0.370. The van der Waals surface area contributed by atoms with Gasteiger partial charge in [0.1, 0.15) is 5.15 Å². The molecule has 0 atom stereocenters. The largest absolute Gasteiger partial charge is 0.360 e. The minimum Gasteiger partial charge on any atom is -0.360 e. The molecule has 0 fully saturated rings. The first kappa shape index (κ1) is 12.7. The van der Waals surface area contributed by atoms with Crippen LogP contribution in [0.3, 0.4) is 0 Å². The lowest BCUT2D eigenvalue weighted by atomic mass is 10.7. The molecule has 0 bridgehead atoms. The Morgan fingerprint density at radius 2 is 2.33 bits per heavy atom. The standard InChI is InChI=1S/C7H12ClN3O2S2/c1-2-10-15(12,13)4-3-9-7-11-6(8)5-14-7/h5,10H,2-4H2,1H3,(H,9,11). The van der Waals surface area contributed by atoms with Gasteiger partial charge in [-0.15, -0.1) is 11.3 Å². The maximum atomic E-state index is 11.2. The number of hydrogen-bond acceptors (Lipinski definition) is 5. The van der Waals surface area contributed by atoms with Crippen molar-refractivity contribution in [2.24, 2.45) is 0 Å². The third-order valence-corrected chi connectivity index (χ3v) is 4.08. The van der Waals surface area contributed by atoms with Crippen molar-refractivity contribution in [3.8, 4) is 0 Å². The zero-order chi connectivity index (χ0) is 11.3. The Bertz CT molecular complexity index is 404. The topological polar surface area (TPSA) is 71.1 Å². The molecule has 0 spiro atoms. The van der Waals surface area contributed by atoms with Crippen molar-refractivity contribution in [2.75, 3.05) is 24.2 Å². The van der Waals surface area contributed by atoms with Crippen LogP contribution in [0.15, 0.2) is 5.38 Å². The quantitative estimate of drug-likeness (QED) is 0.813. The van der Waals surface area contributed by atoms with E-state index in [1.165, 1.54) is 11.3 Å². The molecule has 8 heteroatoms. The molecule has 1 aromatic heterocycles. The van der Waals surface area contributed by atoms with Crippen LogP contribution in [0.1, 0.15) is 6.92 Å². The molecule has 2 N–H and O–H groups in total. The van der Waals surface area contributed by atoms with Crippen molar-refractivity contribution in [1.29, 1.82) is 0 Å². The number of hydrogen-bond donors (Lipinski definition) is 2. The van der Waals surface area contributed by atoms with Crippen LogP contribution in [0.25, 0.3) is 0 Å². The lowest BCUT2D eigenvalue weighted by Gasteiger charge is -2.04. The molecule has 0 amide bonds. The molecule has 0 aliphatic heterocycles. The summed E-state index contributed by atoms with van der Waals surface area (Å²) in [5.74, 6) is 0.0258. The lowest BCUT2D eigenvalue weighted by molar-refractivity contribution is 0.584. The molecule has 1 rings (SSSR count). The maximum absolute atomic E-state index is 11.2. The summed E-state index contributed by atoms with van der Waals surface area (Å²) in [6.45, 7) is 2.47. The van der Waals surface area contributed by atoms with Crippen molar-refractivity contribution in [3.63, 3.8) is 0 Å². The van der Waals surface area contributed by atoms with Crippen molar-refractivity contribution in [3.05, 3.63) is 10.5 Å². The highest BCUT2D eigenvalue weighted by molar-refractivity contribution is 7.89. The summed E-state index contributed by atoms with van der Waals surface area (Å²) in [6, 6.07) is 0. The average molecular weight is 270 g/mol. The molecule has 0 saturated heterocycles. The molecule has 86 valence electrons. The van der Waals surface area contributed by atoms with E-state index in [0.717, 1.165) is 0 Å². The van der Waals surface area contributed by atoms with E-state index in [1.807, 2.05) is 0 Å². The summed E-state index contributed by atoms with van der Waals surface area (Å²) >= 11 is 6.95. The minimum absolute atomic E-state index is 0.0258. The molecule has 1 heterocycles. The molecule has 0 unspecified atom stereocenters. The van der Waals surface area contributed by atoms with Crippen LogP contribution < -0.4 is 10.0 Å². The second kappa shape index (κ2) is 5.64. The second-order valence-corrected chi connectivity index (χ2v) is 5.89. The SMILES string of the molecule is CCNS(=O)(=O)CCNc1nc(Cl)cs1. The summed E-state index contributed by atoms with van der Waals surface area (Å²) in [7, 11) is -3.16. The maximum Gasteiger partial charge on any atom is 0.213 e. The Kier molecular flexibility index (Phi) is 4.78. The zero-order valence-electron chi connectivity index (χ0n) is 8.16. The number of aromatic nitrogens is 1. The van der Waals surface area contributed by atoms with Crippen LogP contribution in [-0.2, 0) is 10.0 Å². The Morgan fingerprint density at radius 1 is 1.60 bits per heavy atom. The second-order valence-electron chi connectivity index (χ2n) is 2.72. The normalized spacial score (nSPS) is 11.6. The molecular weight excluding hydrogens is 258 g/mol. The molecule has 0 radical (unpaired) electrons. The smallest absolute Gasteiger partial charge is 0.213 e. The van der Waals surface area contributed by atoms with E-state index in [-0.39, 0.29) is 5.75 Å². The Morgan fingerprint density at radius 3 is 2.87 bits per heavy atom. The number of nitrogens with zero attached hydrogens (tertiary/aromatic N) is 1. The van der Waals surface area contributed by atoms with Gasteiger partial charge < -0.3 is 5.32 Å². The van der Waals surface area contributed by atoms with Crippen molar-refractivity contribution in [2.45, 2.75) is 6.92 Å². The first-order valence-electron chi connectivity index (χ1n) is 4.36. The molecular formula is C7H12ClN3O2S2. The van der Waals surface area contributed by atoms with Gasteiger partial charge in [-0.2, -0.15) is 0 Å². The first-order valence-corrected chi connectivity index (χ1v) is 7.26. The summed E-state index contributed by atoms with van der Waals surface area (Å²) in [6.07, 6.45) is 0. The van der Waals surface area contributed by atoms with Crippen molar-refractivity contribution in [1.82, 2.24) is 9.71 Å². The van der Waals surface area contributed by atoms with Crippen LogP contribution >= 0.6 is 22.9 Å². The van der Waals surface area contributed by atoms with E-state index >= 15 is 0 Å². The van der Waals surface area contributed by atoms with Crippen LogP contribution in [-0.4, -0.2) is 32.2 Å². The van der Waals surface area contributed by atoms with Gasteiger partial charge in [0.15, 0.2) is 5.13 Å². The monoisotopic (exact) mass is 269 g/mol. The predicted molar refractivity (Wildman–Crippen MR) is 63.1 cm³/mol. The zero-order valence-corrected chi connectivity index (χ0v) is 10.5. The number of halogens is 1. The van der Waals surface area contributed by atoms with E-state index in [9.17, 15) is 8.42 Å². The highest BCUT2D eigenvalue weighted by atomic mass is 35.5. The highest BCUT2D eigenvalue weighted by Gasteiger charge is 2.08. The fourth-order valence-corrected chi connectivity index (χ4v) is 2.74. The van der Waals surface area contributed by atoms with Crippen LogP contribution in [0, 0.1) is 0 Å². The number of sulfonamides is 1. The summed E-state index contributed by atoms with van der Waals surface area (Å²) in [5.41, 5.74) is 0. The van der Waals surface area contributed by atoms with Crippen LogP contribution in [0.4, 0.5) is 5.13 Å². The fraction of sp³-hybridized carbons (Fsp3) is 0.571. The van der Waals surface area contributed by atoms with Crippen LogP contribution in [0.2, 0.25) is 5.15 Å². The van der Waals surface area contributed by atoms with Gasteiger partial charge in [0, 0.05) is 18.5 Å². The lowest BCUT2D eigenvalue weighted by Crippen LogP contribution is -2.29. The molecule has 0 saturated carbocycles. The number of thiazole rings is 1. The highest BCUT2D eigenvalue weighted by Crippen LogP contribution is 2.18. The summed E-state index contributed by atoms with van der Waals surface area (Å²) in [4.78, 5) is 3.93. The molecule has 15 heavy (non-hydrogen) atoms. The first-order chi connectivity index (χ1) is 7.03. The van der Waals surface area contributed by atoms with E-state index in [0.29, 0.717) is 23.4 Å². The van der Waals surface area contributed by atoms with Crippen molar-refractivity contribution < 1.29 is 8.42 Å². The third-order valence-electron chi connectivity index (χ3n) is 1.49. The number of nitrogens with one attached hydrogen (secondary N) is 2. The van der Waals surface area contributed by atoms with Gasteiger partial charge in [0.25, 0.3) is 0 Å². The van der Waals surface area contributed by atoms with Gasteiger partial charge >= 0.3 is 0 Å². The van der Waals surface area contributed by atoms with Gasteiger partial charge in [0.2, 0.25) is 10.0 Å². The van der Waals surface area contributed by atoms with Gasteiger partial charge in [0.05, 0.1) is 5.75 Å². The molecule has 0 aromatic carbocycles. The number of anilines is 1. The fourth-order valence-electron chi connectivity index (χ4n) is 0.920. The summed E-state index contributed by atoms with van der Waals surface area (Å²) in [5, 5.41) is 5.61. The van der Waals surface area contributed by atoms with Crippen LogP contribution in [0.5, 0.6) is 0 Å². The van der Waals surface area contributed by atoms with E-state index in [1.54, 1.807) is 12.3 Å². The molecule has 0 aliphatic carbocycles. The molecule has 0 aliphatic rings. The van der Waals surface area contributed by atoms with E-state index in [2.05, 4.69) is 15.0 Å². The predicted octanol–water partition coefficient (Wildman–Crippen LogP) is 1.15.